The zero-order valence-electron chi connectivity index (χ0n) is 9.06. The van der Waals surface area contributed by atoms with Crippen LogP contribution in [-0.2, 0) is 0 Å². The van der Waals surface area contributed by atoms with E-state index in [1.807, 2.05) is 11.8 Å². The SMILES string of the molecule is CN(C)c1ccccc1C1NCCS1.Cl. The number of hydrogen-bond acceptors (Lipinski definition) is 3. The average Bonchev–Trinajstić information content (AvgIpc) is 2.70. The zero-order valence-corrected chi connectivity index (χ0v) is 10.7. The highest BCUT2D eigenvalue weighted by molar-refractivity contribution is 7.99. The summed E-state index contributed by atoms with van der Waals surface area (Å²) in [5.74, 6) is 1.21. The Labute approximate surface area is 102 Å². The molecule has 1 unspecified atom stereocenters. The average molecular weight is 245 g/mol. The fourth-order valence-corrected chi connectivity index (χ4v) is 2.83. The van der Waals surface area contributed by atoms with Gasteiger partial charge in [-0.2, -0.15) is 0 Å². The minimum absolute atomic E-state index is 0. The predicted molar refractivity (Wildman–Crippen MR) is 71.2 cm³/mol. The molecule has 0 spiro atoms. The molecule has 1 aliphatic heterocycles. The van der Waals surface area contributed by atoms with E-state index in [9.17, 15) is 0 Å². The lowest BCUT2D eigenvalue weighted by molar-refractivity contribution is 0.749. The third-order valence-electron chi connectivity index (χ3n) is 2.42. The van der Waals surface area contributed by atoms with Crippen LogP contribution >= 0.6 is 24.2 Å². The highest BCUT2D eigenvalue weighted by atomic mass is 35.5. The Morgan fingerprint density at radius 3 is 2.67 bits per heavy atom. The molecule has 0 amide bonds. The number of halogens is 1. The Hall–Kier alpha value is -0.380. The van der Waals surface area contributed by atoms with Crippen LogP contribution < -0.4 is 10.2 Å². The Bertz CT molecular complexity index is 311. The van der Waals surface area contributed by atoms with Gasteiger partial charge in [0.15, 0.2) is 0 Å². The summed E-state index contributed by atoms with van der Waals surface area (Å²) in [7, 11) is 4.19. The van der Waals surface area contributed by atoms with E-state index < -0.39 is 0 Å². The maximum atomic E-state index is 3.50. The van der Waals surface area contributed by atoms with Crippen LogP contribution in [0.4, 0.5) is 5.69 Å². The van der Waals surface area contributed by atoms with Gasteiger partial charge in [-0.1, -0.05) is 18.2 Å². The molecule has 1 aliphatic rings. The largest absolute Gasteiger partial charge is 0.377 e. The highest BCUT2D eigenvalue weighted by Gasteiger charge is 2.19. The molecular weight excluding hydrogens is 228 g/mol. The van der Waals surface area contributed by atoms with Crippen LogP contribution in [0.25, 0.3) is 0 Å². The summed E-state index contributed by atoms with van der Waals surface area (Å²) in [5.41, 5.74) is 2.72. The Kier molecular flexibility index (Phi) is 4.77. The Balaban J connectivity index is 0.00000112. The Morgan fingerprint density at radius 1 is 1.33 bits per heavy atom. The van der Waals surface area contributed by atoms with Gasteiger partial charge < -0.3 is 10.2 Å². The van der Waals surface area contributed by atoms with E-state index in [0.717, 1.165) is 6.54 Å². The van der Waals surface area contributed by atoms with Gasteiger partial charge >= 0.3 is 0 Å². The maximum absolute atomic E-state index is 3.50. The van der Waals surface area contributed by atoms with Crippen molar-refractivity contribution in [2.24, 2.45) is 0 Å². The number of nitrogens with zero attached hydrogens (tertiary/aromatic N) is 1. The van der Waals surface area contributed by atoms with Gasteiger partial charge in [-0.25, -0.2) is 0 Å². The van der Waals surface area contributed by atoms with Crippen molar-refractivity contribution in [3.63, 3.8) is 0 Å². The molecule has 0 aromatic heterocycles. The number of para-hydroxylation sites is 1. The maximum Gasteiger partial charge on any atom is 0.0810 e. The summed E-state index contributed by atoms with van der Waals surface area (Å²) in [6, 6.07) is 8.60. The molecule has 0 aliphatic carbocycles. The van der Waals surface area contributed by atoms with Gasteiger partial charge in [0.05, 0.1) is 5.37 Å². The molecule has 0 saturated carbocycles. The van der Waals surface area contributed by atoms with Crippen LogP contribution in [0.3, 0.4) is 0 Å². The van der Waals surface area contributed by atoms with Crippen molar-refractivity contribution in [1.29, 1.82) is 0 Å². The summed E-state index contributed by atoms with van der Waals surface area (Å²) >= 11 is 1.99. The molecular formula is C11H17ClN2S. The summed E-state index contributed by atoms with van der Waals surface area (Å²) in [5, 5.41) is 3.98. The van der Waals surface area contributed by atoms with E-state index in [0.29, 0.717) is 5.37 Å². The summed E-state index contributed by atoms with van der Waals surface area (Å²) in [6.45, 7) is 1.12. The van der Waals surface area contributed by atoms with Crippen molar-refractivity contribution >= 4 is 29.9 Å². The van der Waals surface area contributed by atoms with Gasteiger partial charge in [0.2, 0.25) is 0 Å². The van der Waals surface area contributed by atoms with E-state index in [1.54, 1.807) is 0 Å². The first-order valence-corrected chi connectivity index (χ1v) is 5.95. The topological polar surface area (TPSA) is 15.3 Å². The summed E-state index contributed by atoms with van der Waals surface area (Å²) in [4.78, 5) is 2.18. The Morgan fingerprint density at radius 2 is 2.07 bits per heavy atom. The number of rotatable bonds is 2. The van der Waals surface area contributed by atoms with Crippen LogP contribution in [-0.4, -0.2) is 26.4 Å². The standard InChI is InChI=1S/C11H16N2S.ClH/c1-13(2)10-6-4-3-5-9(10)11-12-7-8-14-11;/h3-6,11-12H,7-8H2,1-2H3;1H. The van der Waals surface area contributed by atoms with Crippen molar-refractivity contribution < 1.29 is 0 Å². The molecule has 84 valence electrons. The quantitative estimate of drug-likeness (QED) is 0.861. The third-order valence-corrected chi connectivity index (χ3v) is 3.61. The van der Waals surface area contributed by atoms with Gasteiger partial charge in [-0.05, 0) is 6.07 Å². The molecule has 1 atom stereocenters. The van der Waals surface area contributed by atoms with Crippen LogP contribution in [0.1, 0.15) is 10.9 Å². The lowest BCUT2D eigenvalue weighted by Crippen LogP contribution is -2.17. The van der Waals surface area contributed by atoms with Crippen LogP contribution in [0.15, 0.2) is 24.3 Å². The van der Waals surface area contributed by atoms with E-state index in [1.165, 1.54) is 17.0 Å². The summed E-state index contributed by atoms with van der Waals surface area (Å²) < 4.78 is 0. The molecule has 1 aromatic rings. The molecule has 1 aromatic carbocycles. The van der Waals surface area contributed by atoms with E-state index in [4.69, 9.17) is 0 Å². The molecule has 15 heavy (non-hydrogen) atoms. The predicted octanol–water partition coefficient (Wildman–Crippen LogP) is 2.51. The molecule has 1 N–H and O–H groups in total. The van der Waals surface area contributed by atoms with E-state index >= 15 is 0 Å². The number of thioether (sulfide) groups is 1. The third kappa shape index (κ3) is 2.80. The van der Waals surface area contributed by atoms with Gasteiger partial charge in [-0.3, -0.25) is 0 Å². The van der Waals surface area contributed by atoms with Crippen molar-refractivity contribution in [3.8, 4) is 0 Å². The van der Waals surface area contributed by atoms with Crippen LogP contribution in [0.5, 0.6) is 0 Å². The van der Waals surface area contributed by atoms with E-state index in [-0.39, 0.29) is 12.4 Å². The monoisotopic (exact) mass is 244 g/mol. The highest BCUT2D eigenvalue weighted by Crippen LogP contribution is 2.35. The second-order valence-electron chi connectivity index (χ2n) is 3.66. The molecule has 2 nitrogen and oxygen atoms in total. The number of benzene rings is 1. The first-order chi connectivity index (χ1) is 6.79. The summed E-state index contributed by atoms with van der Waals surface area (Å²) in [6.07, 6.45) is 0. The molecule has 0 bridgehead atoms. The first-order valence-electron chi connectivity index (χ1n) is 4.90. The molecule has 1 fully saturated rings. The minimum Gasteiger partial charge on any atom is -0.377 e. The van der Waals surface area contributed by atoms with Crippen LogP contribution in [0.2, 0.25) is 0 Å². The molecule has 1 saturated heterocycles. The lowest BCUT2D eigenvalue weighted by atomic mass is 10.1. The minimum atomic E-state index is 0. The second-order valence-corrected chi connectivity index (χ2v) is 4.87. The molecule has 1 heterocycles. The fraction of sp³-hybridized carbons (Fsp3) is 0.455. The normalized spacial score (nSPS) is 19.7. The number of nitrogens with one attached hydrogen (secondary N) is 1. The van der Waals surface area contributed by atoms with Crippen LogP contribution in [0, 0.1) is 0 Å². The molecule has 0 radical (unpaired) electrons. The fourth-order valence-electron chi connectivity index (χ4n) is 1.74. The zero-order chi connectivity index (χ0) is 9.97. The molecule has 4 heteroatoms. The number of anilines is 1. The van der Waals surface area contributed by atoms with Crippen molar-refractivity contribution in [1.82, 2.24) is 5.32 Å². The smallest absolute Gasteiger partial charge is 0.0810 e. The van der Waals surface area contributed by atoms with Gasteiger partial charge in [0.1, 0.15) is 0 Å². The first kappa shape index (κ1) is 12.7. The van der Waals surface area contributed by atoms with Gasteiger partial charge in [0, 0.05) is 37.6 Å². The van der Waals surface area contributed by atoms with E-state index in [2.05, 4.69) is 48.6 Å². The van der Waals surface area contributed by atoms with Crippen molar-refractivity contribution in [3.05, 3.63) is 29.8 Å². The van der Waals surface area contributed by atoms with Gasteiger partial charge in [-0.15, -0.1) is 24.2 Å². The van der Waals surface area contributed by atoms with Crippen molar-refractivity contribution in [2.45, 2.75) is 5.37 Å². The lowest BCUT2D eigenvalue weighted by Gasteiger charge is -2.20. The molecule has 2 rings (SSSR count). The second kappa shape index (κ2) is 5.64. The van der Waals surface area contributed by atoms with Gasteiger partial charge in [0.25, 0.3) is 0 Å². The number of hydrogen-bond donors (Lipinski definition) is 1. The van der Waals surface area contributed by atoms with Crippen molar-refractivity contribution in [2.75, 3.05) is 31.3 Å².